The Bertz CT molecular complexity index is 840. The van der Waals surface area contributed by atoms with Crippen molar-refractivity contribution in [1.29, 1.82) is 0 Å². The first-order valence-electron chi connectivity index (χ1n) is 9.14. The summed E-state index contributed by atoms with van der Waals surface area (Å²) in [6, 6.07) is 16.2. The number of hydrogen-bond acceptors (Lipinski definition) is 5. The zero-order chi connectivity index (χ0) is 17.8. The van der Waals surface area contributed by atoms with E-state index in [1.165, 1.54) is 18.5 Å². The maximum absolute atomic E-state index is 4.56. The Labute approximate surface area is 154 Å². The topological polar surface area (TPSA) is 53.9 Å². The van der Waals surface area contributed by atoms with E-state index in [0.29, 0.717) is 5.95 Å². The van der Waals surface area contributed by atoms with Crippen LogP contribution in [0.5, 0.6) is 0 Å². The van der Waals surface area contributed by atoms with Crippen molar-refractivity contribution in [2.45, 2.75) is 19.8 Å². The third-order valence-electron chi connectivity index (χ3n) is 4.86. The summed E-state index contributed by atoms with van der Waals surface area (Å²) in [4.78, 5) is 15.7. The fraction of sp³-hybridized carbons (Fsp3) is 0.286. The van der Waals surface area contributed by atoms with Gasteiger partial charge in [0.2, 0.25) is 5.95 Å². The third kappa shape index (κ3) is 3.82. The summed E-state index contributed by atoms with van der Waals surface area (Å²) in [6.07, 6.45) is 6.07. The fourth-order valence-corrected chi connectivity index (χ4v) is 3.23. The van der Waals surface area contributed by atoms with E-state index in [2.05, 4.69) is 56.4 Å². The molecule has 132 valence electrons. The summed E-state index contributed by atoms with van der Waals surface area (Å²) in [7, 11) is 0. The Balaban J connectivity index is 1.46. The highest BCUT2D eigenvalue weighted by molar-refractivity contribution is 5.61. The lowest BCUT2D eigenvalue weighted by Gasteiger charge is -2.32. The van der Waals surface area contributed by atoms with E-state index in [9.17, 15) is 0 Å². The van der Waals surface area contributed by atoms with E-state index in [1.807, 2.05) is 24.3 Å². The van der Waals surface area contributed by atoms with Crippen LogP contribution in [0.3, 0.4) is 0 Å². The van der Waals surface area contributed by atoms with Crippen LogP contribution in [0.2, 0.25) is 0 Å². The Hall–Kier alpha value is -2.95. The molecule has 4 rings (SSSR count). The van der Waals surface area contributed by atoms with Crippen LogP contribution in [-0.4, -0.2) is 28.0 Å². The average Bonchev–Trinajstić information content (AvgIpc) is 2.70. The quantitative estimate of drug-likeness (QED) is 0.753. The Morgan fingerprint density at radius 2 is 1.69 bits per heavy atom. The van der Waals surface area contributed by atoms with Gasteiger partial charge in [0, 0.05) is 36.9 Å². The summed E-state index contributed by atoms with van der Waals surface area (Å²) in [5.74, 6) is 1.42. The molecule has 2 aromatic heterocycles. The van der Waals surface area contributed by atoms with Crippen LogP contribution in [0.25, 0.3) is 11.4 Å². The first-order valence-corrected chi connectivity index (χ1v) is 9.14. The van der Waals surface area contributed by atoms with Gasteiger partial charge in [-0.25, -0.2) is 9.97 Å². The van der Waals surface area contributed by atoms with Gasteiger partial charge in [-0.1, -0.05) is 13.0 Å². The zero-order valence-corrected chi connectivity index (χ0v) is 15.0. The van der Waals surface area contributed by atoms with Crippen molar-refractivity contribution >= 4 is 17.3 Å². The molecule has 3 aromatic rings. The van der Waals surface area contributed by atoms with Gasteiger partial charge in [-0.3, -0.25) is 4.98 Å². The largest absolute Gasteiger partial charge is 0.372 e. The molecule has 1 aromatic carbocycles. The Kier molecular flexibility index (Phi) is 4.78. The van der Waals surface area contributed by atoms with Crippen molar-refractivity contribution in [3.05, 3.63) is 60.9 Å². The van der Waals surface area contributed by atoms with Gasteiger partial charge in [0.15, 0.2) is 0 Å². The molecule has 0 aliphatic carbocycles. The van der Waals surface area contributed by atoms with Crippen molar-refractivity contribution < 1.29 is 0 Å². The number of nitrogens with zero attached hydrogens (tertiary/aromatic N) is 4. The molecule has 1 fully saturated rings. The van der Waals surface area contributed by atoms with Gasteiger partial charge in [-0.05, 0) is 61.2 Å². The van der Waals surface area contributed by atoms with Gasteiger partial charge < -0.3 is 10.2 Å². The number of hydrogen-bond donors (Lipinski definition) is 1. The number of nitrogens with one attached hydrogen (secondary N) is 1. The smallest absolute Gasteiger partial charge is 0.227 e. The minimum absolute atomic E-state index is 0.577. The highest BCUT2D eigenvalue weighted by atomic mass is 15.1. The van der Waals surface area contributed by atoms with Gasteiger partial charge >= 0.3 is 0 Å². The highest BCUT2D eigenvalue weighted by Gasteiger charge is 2.15. The average molecular weight is 345 g/mol. The third-order valence-corrected chi connectivity index (χ3v) is 4.86. The molecule has 1 N–H and O–H groups in total. The Morgan fingerprint density at radius 3 is 2.42 bits per heavy atom. The molecule has 0 atom stereocenters. The lowest BCUT2D eigenvalue weighted by Crippen LogP contribution is -2.32. The SMILES string of the molecule is CC1CCN(c2ccc(Nc3nccc(-c4ccccn4)n3)cc2)CC1. The van der Waals surface area contributed by atoms with Crippen LogP contribution in [-0.2, 0) is 0 Å². The second-order valence-electron chi connectivity index (χ2n) is 6.82. The number of aromatic nitrogens is 3. The van der Waals surface area contributed by atoms with E-state index in [4.69, 9.17) is 0 Å². The number of anilines is 3. The first-order chi connectivity index (χ1) is 12.8. The van der Waals surface area contributed by atoms with Gasteiger partial charge in [0.05, 0.1) is 11.4 Å². The van der Waals surface area contributed by atoms with Crippen molar-refractivity contribution in [3.63, 3.8) is 0 Å². The molecule has 5 nitrogen and oxygen atoms in total. The number of rotatable bonds is 4. The van der Waals surface area contributed by atoms with E-state index >= 15 is 0 Å². The molecule has 1 aliphatic heterocycles. The monoisotopic (exact) mass is 345 g/mol. The predicted octanol–water partition coefficient (Wildman–Crippen LogP) is 4.52. The number of piperidine rings is 1. The molecule has 1 saturated heterocycles. The zero-order valence-electron chi connectivity index (χ0n) is 15.0. The maximum atomic E-state index is 4.56. The van der Waals surface area contributed by atoms with Crippen LogP contribution < -0.4 is 10.2 Å². The van der Waals surface area contributed by atoms with Gasteiger partial charge in [-0.15, -0.1) is 0 Å². The standard InChI is InChI=1S/C21H23N5/c1-16-10-14-26(15-11-16)18-7-5-17(6-8-18)24-21-23-13-9-20(25-21)19-4-2-3-12-22-19/h2-9,12-13,16H,10-11,14-15H2,1H3,(H,23,24,25). The second kappa shape index (κ2) is 7.52. The first kappa shape index (κ1) is 16.5. The van der Waals surface area contributed by atoms with Crippen LogP contribution in [0.1, 0.15) is 19.8 Å². The van der Waals surface area contributed by atoms with E-state index in [-0.39, 0.29) is 0 Å². The highest BCUT2D eigenvalue weighted by Crippen LogP contribution is 2.25. The van der Waals surface area contributed by atoms with Crippen LogP contribution in [0.15, 0.2) is 60.9 Å². The Morgan fingerprint density at radius 1 is 0.885 bits per heavy atom. The summed E-state index contributed by atoms with van der Waals surface area (Å²) >= 11 is 0. The summed E-state index contributed by atoms with van der Waals surface area (Å²) < 4.78 is 0. The van der Waals surface area contributed by atoms with Crippen LogP contribution in [0.4, 0.5) is 17.3 Å². The molecular weight excluding hydrogens is 322 g/mol. The van der Waals surface area contributed by atoms with Crippen molar-refractivity contribution in [3.8, 4) is 11.4 Å². The summed E-state index contributed by atoms with van der Waals surface area (Å²) in [5, 5.41) is 3.28. The molecule has 3 heterocycles. The van der Waals surface area contributed by atoms with E-state index in [0.717, 1.165) is 36.1 Å². The lowest BCUT2D eigenvalue weighted by atomic mass is 9.99. The maximum Gasteiger partial charge on any atom is 0.227 e. The van der Waals surface area contributed by atoms with Crippen molar-refractivity contribution in [2.75, 3.05) is 23.3 Å². The minimum atomic E-state index is 0.577. The summed E-state index contributed by atoms with van der Waals surface area (Å²) in [6.45, 7) is 4.62. The molecule has 0 spiro atoms. The fourth-order valence-electron chi connectivity index (χ4n) is 3.23. The van der Waals surface area contributed by atoms with E-state index < -0.39 is 0 Å². The van der Waals surface area contributed by atoms with Crippen molar-refractivity contribution in [2.24, 2.45) is 5.92 Å². The minimum Gasteiger partial charge on any atom is -0.372 e. The van der Waals surface area contributed by atoms with E-state index in [1.54, 1.807) is 12.4 Å². The molecule has 0 unspecified atom stereocenters. The van der Waals surface area contributed by atoms with Crippen LogP contribution >= 0.6 is 0 Å². The molecule has 0 bridgehead atoms. The molecule has 26 heavy (non-hydrogen) atoms. The molecule has 5 heteroatoms. The molecular formula is C21H23N5. The van der Waals surface area contributed by atoms with Crippen LogP contribution in [0, 0.1) is 5.92 Å². The number of pyridine rings is 1. The van der Waals surface area contributed by atoms with Gasteiger partial charge in [0.1, 0.15) is 0 Å². The van der Waals surface area contributed by atoms with Gasteiger partial charge in [-0.2, -0.15) is 0 Å². The molecule has 1 aliphatic rings. The second-order valence-corrected chi connectivity index (χ2v) is 6.82. The molecule has 0 amide bonds. The normalized spacial score (nSPS) is 15.0. The predicted molar refractivity (Wildman–Crippen MR) is 106 cm³/mol. The van der Waals surface area contributed by atoms with Crippen molar-refractivity contribution in [1.82, 2.24) is 15.0 Å². The summed E-state index contributed by atoms with van der Waals surface area (Å²) in [5.41, 5.74) is 3.91. The van der Waals surface area contributed by atoms with Gasteiger partial charge in [0.25, 0.3) is 0 Å². The molecule has 0 radical (unpaired) electrons. The lowest BCUT2D eigenvalue weighted by molar-refractivity contribution is 0.438. The number of benzene rings is 1. The molecule has 0 saturated carbocycles.